The number of hydrogen-bond donors (Lipinski definition) is 0. The van der Waals surface area contributed by atoms with E-state index >= 15 is 0 Å². The topological polar surface area (TPSA) is 52.1 Å². The average Bonchev–Trinajstić information content (AvgIpc) is 2.48. The van der Waals surface area contributed by atoms with Crippen LogP contribution in [-0.4, -0.2) is 15.9 Å². The maximum atomic E-state index is 12.1. The normalized spacial score (nSPS) is 11.9. The van der Waals surface area contributed by atoms with Crippen LogP contribution in [0.1, 0.15) is 41.6 Å². The highest BCUT2D eigenvalue weighted by molar-refractivity contribution is 5.91. The predicted molar refractivity (Wildman–Crippen MR) is 71.7 cm³/mol. The second-order valence-electron chi connectivity index (χ2n) is 4.19. The lowest BCUT2D eigenvalue weighted by atomic mass is 10.1. The molecule has 4 nitrogen and oxygen atoms in total. The van der Waals surface area contributed by atoms with Crippen molar-refractivity contribution >= 4 is 5.97 Å². The minimum absolute atomic E-state index is 0.336. The van der Waals surface area contributed by atoms with Crippen molar-refractivity contribution in [3.8, 4) is 0 Å². The molecule has 0 saturated heterocycles. The lowest BCUT2D eigenvalue weighted by Gasteiger charge is -2.13. The molecular formula is C15H16N2O2. The monoisotopic (exact) mass is 256 g/mol. The van der Waals surface area contributed by atoms with Crippen LogP contribution in [0.4, 0.5) is 0 Å². The van der Waals surface area contributed by atoms with Gasteiger partial charge in [-0.1, -0.05) is 13.0 Å². The molecule has 2 rings (SSSR count). The van der Waals surface area contributed by atoms with Crippen LogP contribution in [-0.2, 0) is 11.2 Å². The number of aromatic nitrogens is 2. The molecule has 0 unspecified atom stereocenters. The van der Waals surface area contributed by atoms with Gasteiger partial charge in [0.1, 0.15) is 6.10 Å². The number of esters is 1. The molecule has 2 aromatic heterocycles. The van der Waals surface area contributed by atoms with Crippen LogP contribution in [0, 0.1) is 0 Å². The first kappa shape index (κ1) is 13.2. The van der Waals surface area contributed by atoms with Crippen LogP contribution in [0.2, 0.25) is 0 Å². The third kappa shape index (κ3) is 3.16. The highest BCUT2D eigenvalue weighted by Gasteiger charge is 2.16. The van der Waals surface area contributed by atoms with Gasteiger partial charge in [-0.25, -0.2) is 4.79 Å². The number of hydrogen-bond acceptors (Lipinski definition) is 4. The second kappa shape index (κ2) is 6.09. The Hall–Kier alpha value is -2.23. The molecule has 0 saturated carbocycles. The van der Waals surface area contributed by atoms with Crippen molar-refractivity contribution in [2.75, 3.05) is 0 Å². The van der Waals surface area contributed by atoms with Crippen LogP contribution in [0.3, 0.4) is 0 Å². The van der Waals surface area contributed by atoms with Gasteiger partial charge in [-0.15, -0.1) is 0 Å². The first-order chi connectivity index (χ1) is 9.22. The lowest BCUT2D eigenvalue weighted by molar-refractivity contribution is 0.0328. The van der Waals surface area contributed by atoms with Crippen molar-refractivity contribution in [3.63, 3.8) is 0 Å². The molecule has 0 aromatic carbocycles. The van der Waals surface area contributed by atoms with E-state index in [0.717, 1.165) is 17.7 Å². The minimum Gasteiger partial charge on any atom is -0.453 e. The van der Waals surface area contributed by atoms with Gasteiger partial charge < -0.3 is 4.74 Å². The molecule has 1 atom stereocenters. The van der Waals surface area contributed by atoms with E-state index in [2.05, 4.69) is 9.97 Å². The summed E-state index contributed by atoms with van der Waals surface area (Å²) in [6, 6.07) is 7.23. The standard InChI is InChI=1S/C15H16N2O2/c1-3-12-10-16-9-7-13(12)15(18)19-11(2)14-6-4-5-8-17-14/h4-11H,3H2,1-2H3/t11-/m0/s1. The maximum Gasteiger partial charge on any atom is 0.339 e. The van der Waals surface area contributed by atoms with E-state index < -0.39 is 0 Å². The Morgan fingerprint density at radius 1 is 1.32 bits per heavy atom. The summed E-state index contributed by atoms with van der Waals surface area (Å²) in [6.07, 6.45) is 5.36. The summed E-state index contributed by atoms with van der Waals surface area (Å²) in [5.41, 5.74) is 2.20. The van der Waals surface area contributed by atoms with Gasteiger partial charge in [-0.2, -0.15) is 0 Å². The van der Waals surface area contributed by atoms with Crippen molar-refractivity contribution < 1.29 is 9.53 Å². The van der Waals surface area contributed by atoms with E-state index in [1.165, 1.54) is 0 Å². The van der Waals surface area contributed by atoms with Crippen LogP contribution >= 0.6 is 0 Å². The van der Waals surface area contributed by atoms with Gasteiger partial charge in [0, 0.05) is 18.6 Å². The Balaban J connectivity index is 2.13. The zero-order valence-corrected chi connectivity index (χ0v) is 11.0. The van der Waals surface area contributed by atoms with Gasteiger partial charge in [0.15, 0.2) is 0 Å². The molecule has 0 bridgehead atoms. The number of aryl methyl sites for hydroxylation is 1. The highest BCUT2D eigenvalue weighted by atomic mass is 16.5. The molecule has 0 spiro atoms. The Kier molecular flexibility index (Phi) is 4.23. The van der Waals surface area contributed by atoms with Crippen molar-refractivity contribution in [3.05, 3.63) is 59.7 Å². The molecule has 0 N–H and O–H groups in total. The van der Waals surface area contributed by atoms with E-state index in [0.29, 0.717) is 5.56 Å². The zero-order chi connectivity index (χ0) is 13.7. The summed E-state index contributed by atoms with van der Waals surface area (Å²) in [5, 5.41) is 0. The van der Waals surface area contributed by atoms with Crippen LogP contribution in [0.15, 0.2) is 42.9 Å². The third-order valence-corrected chi connectivity index (χ3v) is 2.89. The molecule has 2 heterocycles. The molecule has 0 amide bonds. The number of pyridine rings is 2. The first-order valence-electron chi connectivity index (χ1n) is 6.27. The number of rotatable bonds is 4. The quantitative estimate of drug-likeness (QED) is 0.789. The molecular weight excluding hydrogens is 240 g/mol. The number of ether oxygens (including phenoxy) is 1. The molecule has 0 aliphatic heterocycles. The van der Waals surface area contributed by atoms with Crippen molar-refractivity contribution in [1.29, 1.82) is 0 Å². The van der Waals surface area contributed by atoms with Crippen LogP contribution < -0.4 is 0 Å². The molecule has 98 valence electrons. The molecule has 0 radical (unpaired) electrons. The van der Waals surface area contributed by atoms with Gasteiger partial charge in [0.2, 0.25) is 0 Å². The predicted octanol–water partition coefficient (Wildman–Crippen LogP) is 2.96. The molecule has 0 aliphatic carbocycles. The first-order valence-corrected chi connectivity index (χ1v) is 6.27. The Morgan fingerprint density at radius 2 is 2.16 bits per heavy atom. The van der Waals surface area contributed by atoms with Gasteiger partial charge >= 0.3 is 5.97 Å². The van der Waals surface area contributed by atoms with Crippen molar-refractivity contribution in [1.82, 2.24) is 9.97 Å². The minimum atomic E-state index is -0.369. The Bertz CT molecular complexity index is 555. The van der Waals surface area contributed by atoms with Gasteiger partial charge in [-0.05, 0) is 37.1 Å². The maximum absolute atomic E-state index is 12.1. The van der Waals surface area contributed by atoms with Gasteiger partial charge in [0.25, 0.3) is 0 Å². The largest absolute Gasteiger partial charge is 0.453 e. The van der Waals surface area contributed by atoms with Crippen LogP contribution in [0.25, 0.3) is 0 Å². The summed E-state index contributed by atoms with van der Waals surface area (Å²) in [6.45, 7) is 3.79. The second-order valence-corrected chi connectivity index (χ2v) is 4.19. The fraction of sp³-hybridized carbons (Fsp3) is 0.267. The SMILES string of the molecule is CCc1cnccc1C(=O)O[C@@H](C)c1ccccn1. The summed E-state index contributed by atoms with van der Waals surface area (Å²) >= 11 is 0. The molecule has 19 heavy (non-hydrogen) atoms. The molecule has 4 heteroatoms. The van der Waals surface area contributed by atoms with E-state index in [-0.39, 0.29) is 12.1 Å². The fourth-order valence-electron chi connectivity index (χ4n) is 1.81. The fourth-order valence-corrected chi connectivity index (χ4v) is 1.81. The van der Waals surface area contributed by atoms with E-state index in [4.69, 9.17) is 4.74 Å². The van der Waals surface area contributed by atoms with Crippen LogP contribution in [0.5, 0.6) is 0 Å². The van der Waals surface area contributed by atoms with E-state index in [9.17, 15) is 4.79 Å². The number of nitrogens with zero attached hydrogens (tertiary/aromatic N) is 2. The smallest absolute Gasteiger partial charge is 0.339 e. The Labute approximate surface area is 112 Å². The summed E-state index contributed by atoms with van der Waals surface area (Å²) < 4.78 is 5.44. The lowest BCUT2D eigenvalue weighted by Crippen LogP contribution is -2.12. The number of carbonyl (C=O) groups is 1. The zero-order valence-electron chi connectivity index (χ0n) is 11.0. The summed E-state index contributed by atoms with van der Waals surface area (Å²) in [5.74, 6) is -0.336. The average molecular weight is 256 g/mol. The molecule has 0 fully saturated rings. The van der Waals surface area contributed by atoms with Gasteiger partial charge in [0.05, 0.1) is 11.3 Å². The van der Waals surface area contributed by atoms with Gasteiger partial charge in [-0.3, -0.25) is 9.97 Å². The Morgan fingerprint density at radius 3 is 2.84 bits per heavy atom. The molecule has 2 aromatic rings. The van der Waals surface area contributed by atoms with Crippen molar-refractivity contribution in [2.45, 2.75) is 26.4 Å². The highest BCUT2D eigenvalue weighted by Crippen LogP contribution is 2.17. The van der Waals surface area contributed by atoms with E-state index in [1.807, 2.05) is 32.0 Å². The summed E-state index contributed by atoms with van der Waals surface area (Å²) in [4.78, 5) is 20.3. The van der Waals surface area contributed by atoms with Crippen molar-refractivity contribution in [2.24, 2.45) is 0 Å². The third-order valence-electron chi connectivity index (χ3n) is 2.89. The molecule has 0 aliphatic rings. The van der Waals surface area contributed by atoms with E-state index in [1.54, 1.807) is 24.7 Å². The number of carbonyl (C=O) groups excluding carboxylic acids is 1. The summed E-state index contributed by atoms with van der Waals surface area (Å²) in [7, 11) is 0.